The van der Waals surface area contributed by atoms with Gasteiger partial charge in [-0.15, -0.1) is 11.6 Å². The van der Waals surface area contributed by atoms with Crippen LogP contribution in [0.3, 0.4) is 0 Å². The van der Waals surface area contributed by atoms with Crippen LogP contribution in [-0.4, -0.2) is 10.1 Å². The fourth-order valence-corrected chi connectivity index (χ4v) is 1.96. The number of pyridine rings is 1. The van der Waals surface area contributed by atoms with Crippen molar-refractivity contribution in [1.82, 2.24) is 4.98 Å². The van der Waals surface area contributed by atoms with E-state index in [9.17, 15) is 8.78 Å². The van der Waals surface area contributed by atoms with E-state index < -0.39 is 18.7 Å². The molecule has 0 saturated heterocycles. The van der Waals surface area contributed by atoms with Gasteiger partial charge in [0, 0.05) is 16.2 Å². The Bertz CT molecular complexity index is 335. The molecule has 1 aromatic rings. The van der Waals surface area contributed by atoms with Crippen molar-refractivity contribution in [2.45, 2.75) is 18.9 Å². The molecule has 0 amide bonds. The molecule has 0 radical (unpaired) electrons. The fourth-order valence-electron chi connectivity index (χ4n) is 1.02. The molecule has 1 rings (SSSR count). The number of hydrogen-bond acceptors (Lipinski definition) is 2. The number of hydrogen-bond donors (Lipinski definition) is 1. The van der Waals surface area contributed by atoms with Crippen LogP contribution in [0.5, 0.6) is 0 Å². The van der Waals surface area contributed by atoms with Gasteiger partial charge in [0.2, 0.25) is 0 Å². The molecule has 0 saturated carbocycles. The molecule has 0 aliphatic heterocycles. The van der Waals surface area contributed by atoms with Gasteiger partial charge in [-0.05, 0) is 21.5 Å². The van der Waals surface area contributed by atoms with E-state index in [1.165, 1.54) is 6.20 Å². The van der Waals surface area contributed by atoms with Crippen molar-refractivity contribution in [3.8, 4) is 0 Å². The van der Waals surface area contributed by atoms with Gasteiger partial charge in [0.1, 0.15) is 5.69 Å². The molecule has 6 heteroatoms. The molecule has 1 aromatic heterocycles. The van der Waals surface area contributed by atoms with E-state index >= 15 is 0 Å². The van der Waals surface area contributed by atoms with Gasteiger partial charge in [0.05, 0.1) is 12.5 Å². The second kappa shape index (κ2) is 5.00. The Morgan fingerprint density at radius 3 is 2.64 bits per heavy atom. The van der Waals surface area contributed by atoms with Crippen molar-refractivity contribution >= 4 is 27.5 Å². The maximum Gasteiger partial charge on any atom is 0.280 e. The van der Waals surface area contributed by atoms with Gasteiger partial charge >= 0.3 is 0 Å². The van der Waals surface area contributed by atoms with Crippen LogP contribution >= 0.6 is 27.5 Å². The van der Waals surface area contributed by atoms with Gasteiger partial charge < -0.3 is 5.11 Å². The predicted molar refractivity (Wildman–Crippen MR) is 52.4 cm³/mol. The lowest BCUT2D eigenvalue weighted by Crippen LogP contribution is -2.02. The van der Waals surface area contributed by atoms with Crippen LogP contribution in [-0.2, 0) is 12.5 Å². The van der Waals surface area contributed by atoms with Crippen LogP contribution in [0.15, 0.2) is 10.7 Å². The van der Waals surface area contributed by atoms with Crippen molar-refractivity contribution in [1.29, 1.82) is 0 Å². The summed E-state index contributed by atoms with van der Waals surface area (Å²) in [6, 6.07) is 0. The van der Waals surface area contributed by atoms with Gasteiger partial charge in [-0.2, -0.15) is 0 Å². The van der Waals surface area contributed by atoms with Crippen molar-refractivity contribution < 1.29 is 13.9 Å². The van der Waals surface area contributed by atoms with E-state index in [-0.39, 0.29) is 11.4 Å². The fraction of sp³-hybridized carbons (Fsp3) is 0.375. The number of rotatable bonds is 3. The zero-order chi connectivity index (χ0) is 10.7. The summed E-state index contributed by atoms with van der Waals surface area (Å²) in [6.07, 6.45) is -1.42. The Morgan fingerprint density at radius 2 is 2.21 bits per heavy atom. The molecule has 14 heavy (non-hydrogen) atoms. The molecule has 0 bridgehead atoms. The lowest BCUT2D eigenvalue weighted by Gasteiger charge is -2.10. The molecular formula is C8H7BrClF2NO. The quantitative estimate of drug-likeness (QED) is 0.867. The molecule has 0 aliphatic carbocycles. The first kappa shape index (κ1) is 11.8. The molecule has 0 aromatic carbocycles. The van der Waals surface area contributed by atoms with Crippen LogP contribution < -0.4 is 0 Å². The van der Waals surface area contributed by atoms with E-state index in [4.69, 9.17) is 16.7 Å². The summed E-state index contributed by atoms with van der Waals surface area (Å²) in [5, 5.41) is 8.92. The van der Waals surface area contributed by atoms with E-state index in [0.717, 1.165) is 0 Å². The van der Waals surface area contributed by atoms with E-state index in [2.05, 4.69) is 20.9 Å². The summed E-state index contributed by atoms with van der Waals surface area (Å²) >= 11 is 8.66. The zero-order valence-corrected chi connectivity index (χ0v) is 9.32. The summed E-state index contributed by atoms with van der Waals surface area (Å²) in [6.45, 7) is -0.488. The van der Waals surface area contributed by atoms with Crippen molar-refractivity contribution in [2.24, 2.45) is 0 Å². The van der Waals surface area contributed by atoms with Gasteiger partial charge in [0.15, 0.2) is 0 Å². The number of aliphatic hydroxyl groups excluding tert-OH is 1. The van der Waals surface area contributed by atoms with Crippen molar-refractivity contribution in [3.05, 3.63) is 27.5 Å². The third-order valence-electron chi connectivity index (χ3n) is 1.72. The maximum absolute atomic E-state index is 12.4. The molecule has 2 nitrogen and oxygen atoms in total. The molecular weight excluding hydrogens is 279 g/mol. The van der Waals surface area contributed by atoms with Crippen LogP contribution in [0.1, 0.15) is 23.2 Å². The molecule has 0 aliphatic rings. The van der Waals surface area contributed by atoms with Gasteiger partial charge in [-0.3, -0.25) is 4.98 Å². The minimum atomic E-state index is -2.70. The molecule has 0 unspecified atom stereocenters. The number of alkyl halides is 3. The lowest BCUT2D eigenvalue weighted by molar-refractivity contribution is 0.141. The average Bonchev–Trinajstić information content (AvgIpc) is 2.17. The van der Waals surface area contributed by atoms with Gasteiger partial charge in [0.25, 0.3) is 6.43 Å². The summed E-state index contributed by atoms with van der Waals surface area (Å²) in [5.74, 6) is 0.157. The minimum Gasteiger partial charge on any atom is -0.392 e. The van der Waals surface area contributed by atoms with Crippen molar-refractivity contribution in [2.75, 3.05) is 0 Å². The smallest absolute Gasteiger partial charge is 0.280 e. The van der Waals surface area contributed by atoms with E-state index in [1.54, 1.807) is 0 Å². The molecule has 0 spiro atoms. The molecule has 1 heterocycles. The Kier molecular flexibility index (Phi) is 4.22. The average molecular weight is 287 g/mol. The van der Waals surface area contributed by atoms with Crippen LogP contribution in [0.25, 0.3) is 0 Å². The standard InChI is InChI=1S/C8H7BrClF2NO/c9-6-4(1-10)2-13-7(8(11)12)5(6)3-14/h2,8,14H,1,3H2. The topological polar surface area (TPSA) is 33.1 Å². The predicted octanol–water partition coefficient (Wildman–Crippen LogP) is 3.01. The maximum atomic E-state index is 12.4. The molecule has 1 N–H and O–H groups in total. The number of aromatic nitrogens is 1. The largest absolute Gasteiger partial charge is 0.392 e. The van der Waals surface area contributed by atoms with Gasteiger partial charge in [-0.25, -0.2) is 8.78 Å². The summed E-state index contributed by atoms with van der Waals surface area (Å²) in [4.78, 5) is 3.56. The van der Waals surface area contributed by atoms with Crippen LogP contribution in [0, 0.1) is 0 Å². The summed E-state index contributed by atoms with van der Waals surface area (Å²) < 4.78 is 25.2. The Morgan fingerprint density at radius 1 is 1.57 bits per heavy atom. The van der Waals surface area contributed by atoms with Crippen LogP contribution in [0.4, 0.5) is 8.78 Å². The number of aliphatic hydroxyl groups is 1. The highest BCUT2D eigenvalue weighted by Crippen LogP contribution is 2.30. The summed E-state index contributed by atoms with van der Waals surface area (Å²) in [7, 11) is 0. The van der Waals surface area contributed by atoms with E-state index in [0.29, 0.717) is 10.0 Å². The SMILES string of the molecule is OCc1c(C(F)F)ncc(CCl)c1Br. The lowest BCUT2D eigenvalue weighted by atomic mass is 10.1. The third-order valence-corrected chi connectivity index (χ3v) is 3.00. The van der Waals surface area contributed by atoms with Crippen molar-refractivity contribution in [3.63, 3.8) is 0 Å². The zero-order valence-electron chi connectivity index (χ0n) is 6.98. The Hall–Kier alpha value is -0.260. The second-order valence-corrected chi connectivity index (χ2v) is 3.61. The normalized spacial score (nSPS) is 11.0. The monoisotopic (exact) mass is 285 g/mol. The first-order valence-corrected chi connectivity index (χ1v) is 5.05. The highest BCUT2D eigenvalue weighted by Gasteiger charge is 2.18. The van der Waals surface area contributed by atoms with E-state index in [1.807, 2.05) is 0 Å². The van der Waals surface area contributed by atoms with Crippen LogP contribution in [0.2, 0.25) is 0 Å². The third kappa shape index (κ3) is 2.21. The second-order valence-electron chi connectivity index (χ2n) is 2.55. The first-order valence-electron chi connectivity index (χ1n) is 3.73. The minimum absolute atomic E-state index is 0.0955. The number of halogens is 4. The molecule has 78 valence electrons. The molecule has 0 atom stereocenters. The highest BCUT2D eigenvalue weighted by molar-refractivity contribution is 9.10. The Labute approximate surface area is 93.0 Å². The Balaban J connectivity index is 3.28. The highest BCUT2D eigenvalue weighted by atomic mass is 79.9. The van der Waals surface area contributed by atoms with Gasteiger partial charge in [-0.1, -0.05) is 0 Å². The molecule has 0 fully saturated rings. The number of nitrogens with zero attached hydrogens (tertiary/aromatic N) is 1. The first-order chi connectivity index (χ1) is 6.61. The summed E-state index contributed by atoms with van der Waals surface area (Å²) in [5.41, 5.74) is 0.270.